The molecule has 0 amide bonds. The van der Waals surface area contributed by atoms with Gasteiger partial charge >= 0.3 is 0 Å². The zero-order valence-electron chi connectivity index (χ0n) is 32.8. The van der Waals surface area contributed by atoms with Gasteiger partial charge in [0.1, 0.15) is 23.0 Å². The summed E-state index contributed by atoms with van der Waals surface area (Å²) in [6, 6.07) is 0. The van der Waals surface area contributed by atoms with Crippen molar-refractivity contribution in [1.29, 1.82) is 0 Å². The van der Waals surface area contributed by atoms with Crippen molar-refractivity contribution in [3.05, 3.63) is 89.0 Å². The molecule has 4 nitrogen and oxygen atoms in total. The molecule has 5 rings (SSSR count). The van der Waals surface area contributed by atoms with Crippen LogP contribution < -0.4 is 18.9 Å². The molecule has 256 valence electrons. The van der Waals surface area contributed by atoms with Crippen molar-refractivity contribution in [1.82, 2.24) is 0 Å². The molecule has 4 heteroatoms. The molecule has 0 bridgehead atoms. The number of rotatable bonds is 0. The molecule has 4 aromatic carbocycles. The summed E-state index contributed by atoms with van der Waals surface area (Å²) in [5.74, 6) is 2.29. The van der Waals surface area contributed by atoms with Gasteiger partial charge in [0.2, 0.25) is 12.6 Å². The molecular weight excluding hydrogens is 592 g/mol. The summed E-state index contributed by atoms with van der Waals surface area (Å²) in [6.45, 7) is 39.1. The lowest BCUT2D eigenvalue weighted by Crippen LogP contribution is -2.36. The molecule has 1 heterocycles. The summed E-state index contributed by atoms with van der Waals surface area (Å²) in [5, 5.41) is 0. The minimum Gasteiger partial charge on any atom is -0.457 e. The van der Waals surface area contributed by atoms with Crippen LogP contribution >= 0.6 is 0 Å². The van der Waals surface area contributed by atoms with Gasteiger partial charge in [-0.25, -0.2) is 0 Å². The van der Waals surface area contributed by atoms with Gasteiger partial charge in [-0.2, -0.15) is 0 Å². The standard InChI is InChI=1S/C44H56O4/c1-20-24(5)32(13)40-36(28(20)9)38-30(11)22(3)26(7)34(15)42(38)47-44(17,18)48-43-35(16)27(8)23(4)31(12)39(43)37-29(10)21(2)25(6)33(14)41(37)46-19-45-40/h19H2,1-18H3. The molecule has 0 spiro atoms. The summed E-state index contributed by atoms with van der Waals surface area (Å²) in [4.78, 5) is 0. The van der Waals surface area contributed by atoms with Crippen LogP contribution in [0.25, 0.3) is 22.3 Å². The van der Waals surface area contributed by atoms with Crippen LogP contribution in [0.4, 0.5) is 0 Å². The fourth-order valence-corrected chi connectivity index (χ4v) is 7.59. The number of benzene rings is 4. The van der Waals surface area contributed by atoms with E-state index in [1.54, 1.807) is 0 Å². The quantitative estimate of drug-likeness (QED) is 0.190. The molecular formula is C44H56O4. The third-order valence-electron chi connectivity index (χ3n) is 12.1. The van der Waals surface area contributed by atoms with E-state index >= 15 is 0 Å². The van der Waals surface area contributed by atoms with Crippen molar-refractivity contribution < 1.29 is 18.9 Å². The molecule has 48 heavy (non-hydrogen) atoms. The van der Waals surface area contributed by atoms with E-state index in [4.69, 9.17) is 18.9 Å². The predicted octanol–water partition coefficient (Wildman–Crippen LogP) is 11.9. The van der Waals surface area contributed by atoms with Crippen LogP contribution in [0, 0.1) is 111 Å². The first-order valence-corrected chi connectivity index (χ1v) is 17.3. The average molecular weight is 649 g/mol. The van der Waals surface area contributed by atoms with Gasteiger partial charge < -0.3 is 18.9 Å². The van der Waals surface area contributed by atoms with Crippen LogP contribution in [0.2, 0.25) is 0 Å². The topological polar surface area (TPSA) is 36.9 Å². The Bertz CT molecular complexity index is 1880. The highest BCUT2D eigenvalue weighted by Gasteiger charge is 2.34. The predicted molar refractivity (Wildman–Crippen MR) is 201 cm³/mol. The summed E-state index contributed by atoms with van der Waals surface area (Å²) in [5.41, 5.74) is 23.2. The maximum atomic E-state index is 7.20. The lowest BCUT2D eigenvalue weighted by Gasteiger charge is -2.35. The highest BCUT2D eigenvalue weighted by molar-refractivity contribution is 5.88. The Labute approximate surface area is 289 Å². The molecule has 0 aliphatic carbocycles. The SMILES string of the molecule is Cc1c(C)c(C)c2c(c1C)OCOc1c(C)c(C)c(C)c(C)c1-c1c(C)c(C)c(C)c(C)c1OC(C)(C)Oc1c(C)c(C)c(C)c(C)c1-2. The normalized spacial score (nSPS) is 14.0. The van der Waals surface area contributed by atoms with Gasteiger partial charge in [0.05, 0.1) is 0 Å². The minimum absolute atomic E-state index is 0.0647. The number of ether oxygens (including phenoxy) is 4. The van der Waals surface area contributed by atoms with E-state index in [0.717, 1.165) is 67.5 Å². The zero-order valence-corrected chi connectivity index (χ0v) is 32.8. The van der Waals surface area contributed by atoms with Crippen LogP contribution in [0.1, 0.15) is 103 Å². The monoisotopic (exact) mass is 648 g/mol. The Morgan fingerprint density at radius 3 is 0.771 bits per heavy atom. The van der Waals surface area contributed by atoms with Crippen LogP contribution in [-0.2, 0) is 0 Å². The Hall–Kier alpha value is -3.92. The van der Waals surface area contributed by atoms with Crippen LogP contribution in [0.3, 0.4) is 0 Å². The Balaban J connectivity index is 1.97. The van der Waals surface area contributed by atoms with Crippen molar-refractivity contribution in [2.24, 2.45) is 0 Å². The van der Waals surface area contributed by atoms with E-state index in [0.29, 0.717) is 0 Å². The Kier molecular flexibility index (Phi) is 8.99. The van der Waals surface area contributed by atoms with E-state index < -0.39 is 5.79 Å². The molecule has 0 atom stereocenters. The molecule has 0 saturated carbocycles. The van der Waals surface area contributed by atoms with Gasteiger partial charge in [0.25, 0.3) is 0 Å². The molecule has 0 unspecified atom stereocenters. The van der Waals surface area contributed by atoms with Gasteiger partial charge in [-0.05, 0) is 200 Å². The van der Waals surface area contributed by atoms with Crippen LogP contribution in [-0.4, -0.2) is 12.6 Å². The number of fused-ring (bicyclic) bond motifs is 6. The maximum Gasteiger partial charge on any atom is 0.245 e. The second-order valence-electron chi connectivity index (χ2n) is 14.8. The van der Waals surface area contributed by atoms with Gasteiger partial charge in [0.15, 0.2) is 0 Å². The molecule has 0 saturated heterocycles. The first kappa shape index (κ1) is 35.4. The fraction of sp³-hybridized carbons (Fsp3) is 0.455. The molecule has 1 aliphatic heterocycles. The third kappa shape index (κ3) is 5.27. The van der Waals surface area contributed by atoms with Gasteiger partial charge in [-0.15, -0.1) is 0 Å². The lowest BCUT2D eigenvalue weighted by atomic mass is 9.83. The first-order chi connectivity index (χ1) is 22.2. The Morgan fingerprint density at radius 2 is 0.500 bits per heavy atom. The van der Waals surface area contributed by atoms with E-state index in [1.165, 1.54) is 66.8 Å². The van der Waals surface area contributed by atoms with Crippen molar-refractivity contribution in [3.8, 4) is 45.3 Å². The van der Waals surface area contributed by atoms with E-state index in [9.17, 15) is 0 Å². The molecule has 0 radical (unpaired) electrons. The molecule has 4 aromatic rings. The summed E-state index contributed by atoms with van der Waals surface area (Å²) in [7, 11) is 0. The second kappa shape index (κ2) is 12.2. The lowest BCUT2D eigenvalue weighted by molar-refractivity contribution is -0.0811. The van der Waals surface area contributed by atoms with Crippen molar-refractivity contribution in [2.45, 2.75) is 130 Å². The van der Waals surface area contributed by atoms with Crippen molar-refractivity contribution in [3.63, 3.8) is 0 Å². The molecule has 0 fully saturated rings. The number of hydrogen-bond donors (Lipinski definition) is 0. The van der Waals surface area contributed by atoms with Gasteiger partial charge in [-0.1, -0.05) is 0 Å². The van der Waals surface area contributed by atoms with E-state index in [2.05, 4.69) is 111 Å². The number of hydrogen-bond acceptors (Lipinski definition) is 4. The molecule has 0 N–H and O–H groups in total. The highest BCUT2D eigenvalue weighted by Crippen LogP contribution is 2.52. The van der Waals surface area contributed by atoms with Crippen LogP contribution in [0.5, 0.6) is 23.0 Å². The van der Waals surface area contributed by atoms with E-state index in [1.807, 2.05) is 13.8 Å². The smallest absolute Gasteiger partial charge is 0.245 e. The summed E-state index contributed by atoms with van der Waals surface area (Å²) in [6.07, 6.45) is 0. The van der Waals surface area contributed by atoms with E-state index in [-0.39, 0.29) is 6.79 Å². The van der Waals surface area contributed by atoms with Crippen molar-refractivity contribution in [2.75, 3.05) is 6.79 Å². The van der Waals surface area contributed by atoms with Gasteiger partial charge in [0, 0.05) is 36.1 Å². The summed E-state index contributed by atoms with van der Waals surface area (Å²) >= 11 is 0. The summed E-state index contributed by atoms with van der Waals surface area (Å²) < 4.78 is 28.1. The fourth-order valence-electron chi connectivity index (χ4n) is 7.59. The second-order valence-corrected chi connectivity index (χ2v) is 14.8. The largest absolute Gasteiger partial charge is 0.457 e. The third-order valence-corrected chi connectivity index (χ3v) is 12.1. The Morgan fingerprint density at radius 1 is 0.292 bits per heavy atom. The minimum atomic E-state index is -1.03. The van der Waals surface area contributed by atoms with Crippen molar-refractivity contribution >= 4 is 0 Å². The highest BCUT2D eigenvalue weighted by atomic mass is 16.7. The first-order valence-electron chi connectivity index (χ1n) is 17.3. The zero-order chi connectivity index (χ0) is 35.9. The average Bonchev–Trinajstić information content (AvgIpc) is 3.04. The van der Waals surface area contributed by atoms with Gasteiger partial charge in [-0.3, -0.25) is 0 Å². The molecule has 0 aromatic heterocycles. The maximum absolute atomic E-state index is 7.20. The van der Waals surface area contributed by atoms with Crippen LogP contribution in [0.15, 0.2) is 0 Å². The molecule has 1 aliphatic rings.